The minimum absolute atomic E-state index is 0.0347. The fraction of sp³-hybridized carbons (Fsp3) is 0.545. The lowest BCUT2D eigenvalue weighted by Crippen LogP contribution is -2.19. The van der Waals surface area contributed by atoms with Gasteiger partial charge in [0.05, 0.1) is 6.61 Å². The summed E-state index contributed by atoms with van der Waals surface area (Å²) in [5.41, 5.74) is 0.888. The number of benzene rings is 1. The largest absolute Gasteiger partial charge is 0.463 e. The van der Waals surface area contributed by atoms with E-state index in [0.717, 1.165) is 43.9 Å². The predicted octanol–water partition coefficient (Wildman–Crippen LogP) is 6.74. The van der Waals surface area contributed by atoms with Crippen LogP contribution in [-0.4, -0.2) is 23.6 Å². The number of hydrogen-bond acceptors (Lipinski definition) is 4. The zero-order valence-electron chi connectivity index (χ0n) is 17.6. The minimum Gasteiger partial charge on any atom is -0.463 e. The highest BCUT2D eigenvalue weighted by atomic mass is 19.4. The van der Waals surface area contributed by atoms with Gasteiger partial charge in [0.1, 0.15) is 5.56 Å². The Morgan fingerprint density at radius 2 is 1.76 bits per heavy atom. The van der Waals surface area contributed by atoms with Crippen LogP contribution in [0.15, 0.2) is 30.5 Å². The molecule has 1 aromatic heterocycles. The molecule has 1 unspecified atom stereocenters. The van der Waals surface area contributed by atoms with Gasteiger partial charge < -0.3 is 9.64 Å². The summed E-state index contributed by atoms with van der Waals surface area (Å²) in [4.78, 5) is 9.27. The molecule has 7 heteroatoms. The zero-order valence-corrected chi connectivity index (χ0v) is 17.6. The topological polar surface area (TPSA) is 38.2 Å². The number of nitrogens with zero attached hydrogens (tertiary/aromatic N) is 3. The lowest BCUT2D eigenvalue weighted by atomic mass is 9.98. The molecule has 0 amide bonds. The molecule has 1 heterocycles. The average Bonchev–Trinajstić information content (AvgIpc) is 2.71. The van der Waals surface area contributed by atoms with Crippen LogP contribution >= 0.6 is 0 Å². The SMILES string of the molecule is CCCCCCOc1ncc(C(F)(F)F)c(N(C)c2ccc(C(C)CC)cc2)n1. The monoisotopic (exact) mass is 409 g/mol. The van der Waals surface area contributed by atoms with Crippen LogP contribution in [0.25, 0.3) is 0 Å². The van der Waals surface area contributed by atoms with Crippen molar-refractivity contribution in [2.45, 2.75) is 65.0 Å². The number of alkyl halides is 3. The van der Waals surface area contributed by atoms with Crippen LogP contribution in [0.5, 0.6) is 6.01 Å². The Morgan fingerprint density at radius 3 is 2.34 bits per heavy atom. The number of anilines is 2. The van der Waals surface area contributed by atoms with E-state index in [9.17, 15) is 13.2 Å². The molecule has 4 nitrogen and oxygen atoms in total. The fourth-order valence-corrected chi connectivity index (χ4v) is 2.96. The number of ether oxygens (including phenoxy) is 1. The predicted molar refractivity (Wildman–Crippen MR) is 110 cm³/mol. The number of rotatable bonds is 10. The second-order valence-corrected chi connectivity index (χ2v) is 7.26. The fourth-order valence-electron chi connectivity index (χ4n) is 2.96. The van der Waals surface area contributed by atoms with E-state index in [2.05, 4.69) is 30.7 Å². The summed E-state index contributed by atoms with van der Waals surface area (Å²) in [6.45, 7) is 6.72. The molecule has 0 radical (unpaired) electrons. The van der Waals surface area contributed by atoms with Crippen molar-refractivity contribution in [3.05, 3.63) is 41.6 Å². The van der Waals surface area contributed by atoms with E-state index in [1.165, 1.54) is 4.90 Å². The summed E-state index contributed by atoms with van der Waals surface area (Å²) in [6.07, 6.45) is 1.26. The molecule has 2 aromatic rings. The number of unbranched alkanes of at least 4 members (excludes halogenated alkanes) is 3. The molecule has 0 saturated heterocycles. The minimum atomic E-state index is -4.56. The Labute approximate surface area is 171 Å². The van der Waals surface area contributed by atoms with Gasteiger partial charge in [-0.15, -0.1) is 0 Å². The van der Waals surface area contributed by atoms with E-state index < -0.39 is 11.7 Å². The first-order chi connectivity index (χ1) is 13.8. The lowest BCUT2D eigenvalue weighted by molar-refractivity contribution is -0.137. The maximum atomic E-state index is 13.5. The van der Waals surface area contributed by atoms with Gasteiger partial charge in [-0.1, -0.05) is 52.2 Å². The molecule has 1 aromatic carbocycles. The van der Waals surface area contributed by atoms with Crippen LogP contribution in [0.2, 0.25) is 0 Å². The lowest BCUT2D eigenvalue weighted by Gasteiger charge is -2.23. The van der Waals surface area contributed by atoms with Crippen LogP contribution in [0.3, 0.4) is 0 Å². The van der Waals surface area contributed by atoms with Gasteiger partial charge in [-0.3, -0.25) is 0 Å². The molecule has 2 rings (SSSR count). The van der Waals surface area contributed by atoms with Crippen LogP contribution in [0, 0.1) is 0 Å². The van der Waals surface area contributed by atoms with E-state index in [-0.39, 0.29) is 11.8 Å². The molecule has 29 heavy (non-hydrogen) atoms. The molecular formula is C22H30F3N3O. The number of hydrogen-bond donors (Lipinski definition) is 0. The normalized spacial score (nSPS) is 12.7. The summed E-state index contributed by atoms with van der Waals surface area (Å²) in [7, 11) is 1.57. The van der Waals surface area contributed by atoms with E-state index in [1.54, 1.807) is 7.05 Å². The van der Waals surface area contributed by atoms with Crippen LogP contribution < -0.4 is 9.64 Å². The van der Waals surface area contributed by atoms with Crippen molar-refractivity contribution in [2.75, 3.05) is 18.6 Å². The van der Waals surface area contributed by atoms with Crippen molar-refractivity contribution in [3.63, 3.8) is 0 Å². The van der Waals surface area contributed by atoms with Gasteiger partial charge in [0.2, 0.25) is 0 Å². The van der Waals surface area contributed by atoms with Crippen LogP contribution in [0.4, 0.5) is 24.7 Å². The van der Waals surface area contributed by atoms with Crippen LogP contribution in [0.1, 0.15) is 69.9 Å². The quantitative estimate of drug-likeness (QED) is 0.408. The highest BCUT2D eigenvalue weighted by Gasteiger charge is 2.36. The van der Waals surface area contributed by atoms with Gasteiger partial charge in [-0.2, -0.15) is 18.2 Å². The van der Waals surface area contributed by atoms with E-state index in [1.807, 2.05) is 24.3 Å². The molecular weight excluding hydrogens is 379 g/mol. The standard InChI is InChI=1S/C22H30F3N3O/c1-5-7-8-9-14-29-21-26-15-19(22(23,24)25)20(27-21)28(4)18-12-10-17(11-13-18)16(3)6-2/h10-13,15-16H,5-9,14H2,1-4H3. The third-order valence-corrected chi connectivity index (χ3v) is 5.06. The first kappa shape index (κ1) is 23.0. The van der Waals surface area contributed by atoms with Crippen molar-refractivity contribution in [1.29, 1.82) is 0 Å². The van der Waals surface area contributed by atoms with Crippen molar-refractivity contribution in [2.24, 2.45) is 0 Å². The van der Waals surface area contributed by atoms with Gasteiger partial charge in [0.25, 0.3) is 0 Å². The molecule has 1 atom stereocenters. The van der Waals surface area contributed by atoms with Crippen molar-refractivity contribution < 1.29 is 17.9 Å². The summed E-state index contributed by atoms with van der Waals surface area (Å²) in [5.74, 6) is 0.180. The smallest absolute Gasteiger partial charge is 0.421 e. The first-order valence-electron chi connectivity index (χ1n) is 10.2. The maximum Gasteiger partial charge on any atom is 0.421 e. The second-order valence-electron chi connectivity index (χ2n) is 7.26. The molecule has 0 aliphatic rings. The van der Waals surface area contributed by atoms with Gasteiger partial charge in [-0.25, -0.2) is 4.98 Å². The molecule has 0 aliphatic heterocycles. The Balaban J connectivity index is 2.26. The van der Waals surface area contributed by atoms with Gasteiger partial charge in [-0.05, 0) is 36.5 Å². The van der Waals surface area contributed by atoms with Crippen molar-refractivity contribution in [1.82, 2.24) is 9.97 Å². The van der Waals surface area contributed by atoms with E-state index in [4.69, 9.17) is 4.74 Å². The molecule has 0 saturated carbocycles. The summed E-state index contributed by atoms with van der Waals surface area (Å²) in [5, 5.41) is 0. The van der Waals surface area contributed by atoms with Crippen LogP contribution in [-0.2, 0) is 6.18 Å². The van der Waals surface area contributed by atoms with E-state index >= 15 is 0 Å². The Bertz CT molecular complexity index is 763. The highest BCUT2D eigenvalue weighted by Crippen LogP contribution is 2.38. The summed E-state index contributed by atoms with van der Waals surface area (Å²) in [6, 6.07) is 7.48. The Morgan fingerprint density at radius 1 is 1.07 bits per heavy atom. The molecule has 0 aliphatic carbocycles. The number of aromatic nitrogens is 2. The van der Waals surface area contributed by atoms with Gasteiger partial charge >= 0.3 is 12.2 Å². The average molecular weight is 409 g/mol. The maximum absolute atomic E-state index is 13.5. The molecule has 0 spiro atoms. The Kier molecular flexibility index (Phi) is 8.29. The van der Waals surface area contributed by atoms with E-state index in [0.29, 0.717) is 18.2 Å². The summed E-state index contributed by atoms with van der Waals surface area (Å²) < 4.78 is 46.0. The van der Waals surface area contributed by atoms with Gasteiger partial charge in [0, 0.05) is 18.9 Å². The molecule has 160 valence electrons. The second kappa shape index (κ2) is 10.5. The summed E-state index contributed by atoms with van der Waals surface area (Å²) >= 11 is 0. The first-order valence-corrected chi connectivity index (χ1v) is 10.2. The van der Waals surface area contributed by atoms with Crippen molar-refractivity contribution >= 4 is 11.5 Å². The third-order valence-electron chi connectivity index (χ3n) is 5.06. The Hall–Kier alpha value is -2.31. The van der Waals surface area contributed by atoms with Gasteiger partial charge in [0.15, 0.2) is 5.82 Å². The zero-order chi connectivity index (χ0) is 21.4. The molecule has 0 bridgehead atoms. The highest BCUT2D eigenvalue weighted by molar-refractivity contribution is 5.63. The third kappa shape index (κ3) is 6.34. The number of halogens is 3. The molecule has 0 fully saturated rings. The van der Waals surface area contributed by atoms with Crippen molar-refractivity contribution in [3.8, 4) is 6.01 Å². The molecule has 0 N–H and O–H groups in total.